The van der Waals surface area contributed by atoms with Gasteiger partial charge in [0.05, 0.1) is 33.3 Å². The summed E-state index contributed by atoms with van der Waals surface area (Å²) < 4.78 is 15.2. The highest BCUT2D eigenvalue weighted by atomic mass is 35.5. The van der Waals surface area contributed by atoms with Crippen LogP contribution in [-0.2, 0) is 21.7 Å². The predicted molar refractivity (Wildman–Crippen MR) is 153 cm³/mol. The Kier molecular flexibility index (Phi) is 6.78. The first-order valence-corrected chi connectivity index (χ1v) is 13.5. The Morgan fingerprint density at radius 1 is 1.10 bits per heavy atom. The van der Waals surface area contributed by atoms with Crippen molar-refractivity contribution in [3.05, 3.63) is 99.1 Å². The molecule has 9 nitrogen and oxygen atoms in total. The van der Waals surface area contributed by atoms with Gasteiger partial charge in [0.15, 0.2) is 11.4 Å². The van der Waals surface area contributed by atoms with Crippen LogP contribution in [0.5, 0.6) is 0 Å². The lowest BCUT2D eigenvalue weighted by Crippen LogP contribution is -2.25. The number of carboxylic acid groups (broad SMARTS) is 1. The molecule has 0 spiro atoms. The molecule has 3 heterocycles. The monoisotopic (exact) mass is 573 g/mol. The number of fused-ring (bicyclic) bond motifs is 2. The van der Waals surface area contributed by atoms with Crippen LogP contribution in [-0.4, -0.2) is 36.3 Å². The van der Waals surface area contributed by atoms with Gasteiger partial charge in [0.25, 0.3) is 5.56 Å². The van der Waals surface area contributed by atoms with E-state index >= 15 is 0 Å². The zero-order valence-corrected chi connectivity index (χ0v) is 22.8. The number of carboxylic acids is 1. The number of unbranched alkanes of at least 4 members (excludes halogenated alkanes) is 1. The van der Waals surface area contributed by atoms with Gasteiger partial charge in [-0.2, -0.15) is 0 Å². The van der Waals surface area contributed by atoms with Crippen LogP contribution < -0.4 is 5.56 Å². The Labute approximate surface area is 238 Å². The highest BCUT2D eigenvalue weighted by Gasteiger charge is 2.39. The number of oxime groups is 1. The van der Waals surface area contributed by atoms with Crippen LogP contribution in [0.4, 0.5) is 4.39 Å². The molecule has 5 aromatic rings. The Hall–Kier alpha value is -4.57. The van der Waals surface area contributed by atoms with Crippen molar-refractivity contribution in [2.75, 3.05) is 0 Å². The van der Waals surface area contributed by atoms with E-state index in [2.05, 4.69) is 15.1 Å². The fraction of sp³-hybridized carbons (Fsp3) is 0.233. The number of rotatable bonds is 8. The molecule has 6 rings (SSSR count). The summed E-state index contributed by atoms with van der Waals surface area (Å²) in [7, 11) is 0. The minimum Gasteiger partial charge on any atom is -0.481 e. The third-order valence-corrected chi connectivity index (χ3v) is 7.46. The van der Waals surface area contributed by atoms with Crippen molar-refractivity contribution in [2.24, 2.45) is 5.16 Å². The third kappa shape index (κ3) is 5.18. The van der Waals surface area contributed by atoms with E-state index in [0.717, 1.165) is 5.56 Å². The number of nitrogens with zero attached hydrogens (tertiary/aromatic N) is 4. The van der Waals surface area contributed by atoms with Crippen LogP contribution in [0.1, 0.15) is 49.8 Å². The maximum Gasteiger partial charge on any atom is 0.303 e. The van der Waals surface area contributed by atoms with Crippen LogP contribution in [0, 0.1) is 5.82 Å². The first-order valence-electron chi connectivity index (χ1n) is 13.1. The van der Waals surface area contributed by atoms with Crippen molar-refractivity contribution in [2.45, 2.75) is 44.6 Å². The topological polar surface area (TPSA) is 122 Å². The van der Waals surface area contributed by atoms with Gasteiger partial charge in [-0.25, -0.2) is 14.4 Å². The Balaban J connectivity index is 1.34. The third-order valence-electron chi connectivity index (χ3n) is 7.20. The molecule has 1 aliphatic heterocycles. The van der Waals surface area contributed by atoms with E-state index in [1.54, 1.807) is 41.0 Å². The molecule has 0 radical (unpaired) electrons. The zero-order valence-electron chi connectivity index (χ0n) is 22.0. The van der Waals surface area contributed by atoms with Crippen molar-refractivity contribution in [3.63, 3.8) is 0 Å². The summed E-state index contributed by atoms with van der Waals surface area (Å²) in [4.78, 5) is 43.1. The lowest BCUT2D eigenvalue weighted by Gasteiger charge is -2.18. The molecule has 2 aromatic heterocycles. The fourth-order valence-electron chi connectivity index (χ4n) is 5.05. The number of carbonyl (C=O) groups is 1. The van der Waals surface area contributed by atoms with Gasteiger partial charge in [-0.1, -0.05) is 22.8 Å². The lowest BCUT2D eigenvalue weighted by atomic mass is 9.95. The second-order valence-corrected chi connectivity index (χ2v) is 10.7. The molecule has 0 aliphatic carbocycles. The minimum atomic E-state index is -0.888. The first-order chi connectivity index (χ1) is 19.7. The molecular formula is C30H25ClFN5O4. The normalized spacial score (nSPS) is 16.7. The number of aromatic nitrogens is 4. The van der Waals surface area contributed by atoms with Crippen LogP contribution in [0.2, 0.25) is 5.02 Å². The predicted octanol–water partition coefficient (Wildman–Crippen LogP) is 5.89. The molecule has 0 fully saturated rings. The Morgan fingerprint density at radius 2 is 1.90 bits per heavy atom. The van der Waals surface area contributed by atoms with Crippen molar-refractivity contribution in [1.82, 2.24) is 19.5 Å². The van der Waals surface area contributed by atoms with E-state index in [1.807, 2.05) is 19.1 Å². The number of halogens is 2. The van der Waals surface area contributed by atoms with Crippen molar-refractivity contribution in [3.8, 4) is 5.69 Å². The number of hydrogen-bond acceptors (Lipinski definition) is 6. The van der Waals surface area contributed by atoms with Crippen LogP contribution in [0.3, 0.4) is 0 Å². The molecular weight excluding hydrogens is 549 g/mol. The van der Waals surface area contributed by atoms with Gasteiger partial charge in [-0.3, -0.25) is 14.2 Å². The Morgan fingerprint density at radius 3 is 2.68 bits per heavy atom. The average Bonchev–Trinajstić information content (AvgIpc) is 3.56. The molecule has 0 amide bonds. The summed E-state index contributed by atoms with van der Waals surface area (Å²) in [6.45, 7) is 1.86. The highest BCUT2D eigenvalue weighted by molar-refractivity contribution is 6.30. The summed E-state index contributed by atoms with van der Waals surface area (Å²) in [6, 6.07) is 16.6. The van der Waals surface area contributed by atoms with E-state index < -0.39 is 11.6 Å². The van der Waals surface area contributed by atoms with Gasteiger partial charge in [-0.15, -0.1) is 0 Å². The van der Waals surface area contributed by atoms with E-state index in [1.165, 1.54) is 12.1 Å². The van der Waals surface area contributed by atoms with E-state index in [9.17, 15) is 14.0 Å². The van der Waals surface area contributed by atoms with Crippen molar-refractivity contribution in [1.29, 1.82) is 0 Å². The van der Waals surface area contributed by atoms with Gasteiger partial charge in [0.2, 0.25) is 0 Å². The van der Waals surface area contributed by atoms with Crippen LogP contribution in [0.25, 0.3) is 27.6 Å². The van der Waals surface area contributed by atoms with Crippen molar-refractivity contribution < 1.29 is 19.1 Å². The van der Waals surface area contributed by atoms with Crippen molar-refractivity contribution >= 4 is 45.2 Å². The number of nitrogens with one attached hydrogen (secondary N) is 1. The van der Waals surface area contributed by atoms with Crippen LogP contribution >= 0.6 is 11.6 Å². The number of H-pyrrole nitrogens is 1. The summed E-state index contributed by atoms with van der Waals surface area (Å²) in [5.74, 6) is -0.165. The average molecular weight is 574 g/mol. The smallest absolute Gasteiger partial charge is 0.303 e. The molecule has 1 atom stereocenters. The maximum absolute atomic E-state index is 13.7. The molecule has 1 aliphatic rings. The van der Waals surface area contributed by atoms with Gasteiger partial charge in [0, 0.05) is 29.8 Å². The minimum absolute atomic E-state index is 0.0433. The molecule has 0 unspecified atom stereocenters. The number of aromatic amines is 1. The summed E-state index contributed by atoms with van der Waals surface area (Å²) in [5.41, 5.74) is 2.61. The van der Waals surface area contributed by atoms with Gasteiger partial charge in [0.1, 0.15) is 11.6 Å². The summed E-state index contributed by atoms with van der Waals surface area (Å²) in [6.07, 6.45) is 1.87. The molecule has 3 aromatic carbocycles. The number of benzene rings is 3. The maximum atomic E-state index is 13.7. The highest BCUT2D eigenvalue weighted by Crippen LogP contribution is 2.36. The molecule has 0 bridgehead atoms. The quantitative estimate of drug-likeness (QED) is 0.223. The Bertz CT molecular complexity index is 1900. The van der Waals surface area contributed by atoms with Gasteiger partial charge >= 0.3 is 5.97 Å². The molecule has 208 valence electrons. The molecule has 41 heavy (non-hydrogen) atoms. The largest absolute Gasteiger partial charge is 0.481 e. The van der Waals surface area contributed by atoms with Gasteiger partial charge < -0.3 is 14.9 Å². The number of hydrogen-bond donors (Lipinski definition) is 2. The number of aliphatic carboxylic acids is 1. The standard InChI is InChI=1S/C30H25ClFN5O4/c1-30(29-34-22-13-9-19(32)15-24(22)35-29)16-25(36-41-30)17-6-12-21-23(14-17)33-26(4-2-3-5-27(38)39)37(28(21)40)20-10-7-18(31)8-11-20/h6-15H,2-5,16H2,1H3,(H,34,35)(H,38,39)/t30-/m0/s1. The first kappa shape index (κ1) is 26.6. The summed E-state index contributed by atoms with van der Waals surface area (Å²) >= 11 is 6.07. The lowest BCUT2D eigenvalue weighted by molar-refractivity contribution is -0.137. The number of imidazole rings is 1. The summed E-state index contributed by atoms with van der Waals surface area (Å²) in [5, 5.41) is 14.3. The molecule has 2 N–H and O–H groups in total. The van der Waals surface area contributed by atoms with Crippen LogP contribution in [0.15, 0.2) is 70.6 Å². The number of aryl methyl sites for hydroxylation is 1. The molecule has 11 heteroatoms. The van der Waals surface area contributed by atoms with E-state index in [-0.39, 0.29) is 17.8 Å². The van der Waals surface area contributed by atoms with E-state index in [0.29, 0.717) is 75.7 Å². The fourth-order valence-corrected chi connectivity index (χ4v) is 5.17. The van der Waals surface area contributed by atoms with Gasteiger partial charge in [-0.05, 0) is 74.4 Å². The zero-order chi connectivity index (χ0) is 28.7. The second kappa shape index (κ2) is 10.4. The SMILES string of the molecule is C[C@@]1(c2nc3ccc(F)cc3[nH]2)CC(c2ccc3c(=O)n(-c4ccc(Cl)cc4)c(CCCCC(=O)O)nc3c2)=NO1. The van der Waals surface area contributed by atoms with E-state index in [4.69, 9.17) is 26.5 Å². The second-order valence-electron chi connectivity index (χ2n) is 10.3. The molecule has 0 saturated heterocycles. The molecule has 0 saturated carbocycles.